The van der Waals surface area contributed by atoms with E-state index in [1.807, 2.05) is 24.3 Å². The molecule has 6 heteroatoms. The van der Waals surface area contributed by atoms with Gasteiger partial charge in [-0.1, -0.05) is 41.9 Å². The molecule has 1 aliphatic rings. The zero-order valence-corrected chi connectivity index (χ0v) is 13.9. The summed E-state index contributed by atoms with van der Waals surface area (Å²) >= 11 is 6.08. The van der Waals surface area contributed by atoms with Gasteiger partial charge in [0.15, 0.2) is 6.10 Å². The van der Waals surface area contributed by atoms with Crippen LogP contribution in [0.2, 0.25) is 5.02 Å². The van der Waals surface area contributed by atoms with Crippen molar-refractivity contribution >= 4 is 29.1 Å². The second-order valence-corrected chi connectivity index (χ2v) is 5.93. The number of para-hydroxylation sites is 2. The highest BCUT2D eigenvalue weighted by molar-refractivity contribution is 6.31. The SMILES string of the molecule is CC1Oc2ccccc2N(CC(=O)NCc2ccccc2Cl)C1=O. The number of hydrogen-bond donors (Lipinski definition) is 1. The minimum Gasteiger partial charge on any atom is -0.479 e. The molecule has 124 valence electrons. The molecule has 1 heterocycles. The van der Waals surface area contributed by atoms with Crippen molar-refractivity contribution in [3.63, 3.8) is 0 Å². The second kappa shape index (κ2) is 6.93. The molecule has 2 aromatic rings. The van der Waals surface area contributed by atoms with Crippen molar-refractivity contribution in [3.8, 4) is 5.75 Å². The predicted octanol–water partition coefficient (Wildman–Crippen LogP) is 2.77. The number of ether oxygens (including phenoxy) is 1. The van der Waals surface area contributed by atoms with Crippen LogP contribution in [0.5, 0.6) is 5.75 Å². The molecule has 1 atom stereocenters. The minimum atomic E-state index is -0.615. The van der Waals surface area contributed by atoms with Crippen LogP contribution in [0, 0.1) is 0 Å². The number of hydrogen-bond acceptors (Lipinski definition) is 3. The first-order valence-electron chi connectivity index (χ1n) is 7.63. The van der Waals surface area contributed by atoms with Crippen molar-refractivity contribution < 1.29 is 14.3 Å². The lowest BCUT2D eigenvalue weighted by molar-refractivity contribution is -0.128. The Bertz CT molecular complexity index is 778. The Kier molecular flexibility index (Phi) is 4.71. The first-order valence-corrected chi connectivity index (χ1v) is 8.01. The van der Waals surface area contributed by atoms with E-state index in [9.17, 15) is 9.59 Å². The third kappa shape index (κ3) is 3.36. The third-order valence-corrected chi connectivity index (χ3v) is 4.18. The van der Waals surface area contributed by atoms with Crippen molar-refractivity contribution in [1.29, 1.82) is 0 Å². The number of nitrogens with one attached hydrogen (secondary N) is 1. The van der Waals surface area contributed by atoms with Crippen LogP contribution in [0.15, 0.2) is 48.5 Å². The van der Waals surface area contributed by atoms with Crippen molar-refractivity contribution in [3.05, 3.63) is 59.1 Å². The summed E-state index contributed by atoms with van der Waals surface area (Å²) < 4.78 is 5.56. The van der Waals surface area contributed by atoms with Crippen molar-refractivity contribution in [1.82, 2.24) is 5.32 Å². The topological polar surface area (TPSA) is 58.6 Å². The fourth-order valence-corrected chi connectivity index (χ4v) is 2.76. The van der Waals surface area contributed by atoms with Gasteiger partial charge in [0.2, 0.25) is 5.91 Å². The number of fused-ring (bicyclic) bond motifs is 1. The lowest BCUT2D eigenvalue weighted by Crippen LogP contribution is -2.48. The fraction of sp³-hybridized carbons (Fsp3) is 0.222. The van der Waals surface area contributed by atoms with Gasteiger partial charge < -0.3 is 10.1 Å². The van der Waals surface area contributed by atoms with Crippen LogP contribution >= 0.6 is 11.6 Å². The third-order valence-electron chi connectivity index (χ3n) is 3.81. The van der Waals surface area contributed by atoms with Gasteiger partial charge in [-0.05, 0) is 30.7 Å². The number of amides is 2. The van der Waals surface area contributed by atoms with Gasteiger partial charge in [0, 0.05) is 11.6 Å². The molecule has 0 fully saturated rings. The van der Waals surface area contributed by atoms with E-state index in [0.29, 0.717) is 23.0 Å². The standard InChI is InChI=1S/C18H17ClN2O3/c1-12-18(23)21(15-8-4-5-9-16(15)24-12)11-17(22)20-10-13-6-2-3-7-14(13)19/h2-9,12H,10-11H2,1H3,(H,20,22). The second-order valence-electron chi connectivity index (χ2n) is 5.52. The van der Waals surface area contributed by atoms with Crippen LogP contribution in [0.4, 0.5) is 5.69 Å². The van der Waals surface area contributed by atoms with E-state index < -0.39 is 6.10 Å². The van der Waals surface area contributed by atoms with Gasteiger partial charge in [-0.25, -0.2) is 0 Å². The maximum Gasteiger partial charge on any atom is 0.268 e. The number of nitrogens with zero attached hydrogens (tertiary/aromatic N) is 1. The highest BCUT2D eigenvalue weighted by Gasteiger charge is 2.32. The summed E-state index contributed by atoms with van der Waals surface area (Å²) in [4.78, 5) is 26.1. The van der Waals surface area contributed by atoms with Gasteiger partial charge in [-0.2, -0.15) is 0 Å². The molecule has 0 saturated heterocycles. The van der Waals surface area contributed by atoms with E-state index in [0.717, 1.165) is 5.56 Å². The van der Waals surface area contributed by atoms with Crippen LogP contribution in [0.3, 0.4) is 0 Å². The molecule has 0 saturated carbocycles. The van der Waals surface area contributed by atoms with E-state index in [1.54, 1.807) is 31.2 Å². The maximum atomic E-state index is 12.4. The number of benzene rings is 2. The molecule has 3 rings (SSSR count). The Morgan fingerprint density at radius 2 is 1.92 bits per heavy atom. The zero-order chi connectivity index (χ0) is 17.1. The molecule has 0 radical (unpaired) electrons. The number of anilines is 1. The Hall–Kier alpha value is -2.53. The summed E-state index contributed by atoms with van der Waals surface area (Å²) in [6.07, 6.45) is -0.615. The minimum absolute atomic E-state index is 0.0615. The van der Waals surface area contributed by atoms with Gasteiger partial charge in [0.25, 0.3) is 5.91 Å². The van der Waals surface area contributed by atoms with Gasteiger partial charge in [-0.3, -0.25) is 14.5 Å². The fourth-order valence-electron chi connectivity index (χ4n) is 2.56. The van der Waals surface area contributed by atoms with E-state index >= 15 is 0 Å². The summed E-state index contributed by atoms with van der Waals surface area (Å²) in [5.41, 5.74) is 1.43. The molecule has 24 heavy (non-hydrogen) atoms. The van der Waals surface area contributed by atoms with Crippen molar-refractivity contribution in [2.75, 3.05) is 11.4 Å². The molecule has 0 aliphatic carbocycles. The maximum absolute atomic E-state index is 12.4. The van der Waals surface area contributed by atoms with Crippen LogP contribution in [-0.4, -0.2) is 24.5 Å². The monoisotopic (exact) mass is 344 g/mol. The average molecular weight is 345 g/mol. The largest absolute Gasteiger partial charge is 0.479 e. The summed E-state index contributed by atoms with van der Waals surface area (Å²) in [5.74, 6) is 0.109. The molecule has 1 N–H and O–H groups in total. The normalized spacial score (nSPS) is 16.3. The molecule has 2 aromatic carbocycles. The zero-order valence-electron chi connectivity index (χ0n) is 13.2. The molecule has 0 bridgehead atoms. The summed E-state index contributed by atoms with van der Waals surface area (Å²) in [6, 6.07) is 14.5. The first kappa shape index (κ1) is 16.3. The Balaban J connectivity index is 1.70. The van der Waals surface area contributed by atoms with Gasteiger partial charge in [0.05, 0.1) is 5.69 Å². The summed E-state index contributed by atoms with van der Waals surface area (Å²) in [5, 5.41) is 3.39. The van der Waals surface area contributed by atoms with Crippen LogP contribution in [-0.2, 0) is 16.1 Å². The molecule has 5 nitrogen and oxygen atoms in total. The highest BCUT2D eigenvalue weighted by Crippen LogP contribution is 2.33. The average Bonchev–Trinajstić information content (AvgIpc) is 2.58. The Morgan fingerprint density at radius 3 is 2.71 bits per heavy atom. The van der Waals surface area contributed by atoms with Gasteiger partial charge in [-0.15, -0.1) is 0 Å². The van der Waals surface area contributed by atoms with Crippen LogP contribution < -0.4 is 15.0 Å². The molecular formula is C18H17ClN2O3. The van der Waals surface area contributed by atoms with Gasteiger partial charge in [0.1, 0.15) is 12.3 Å². The van der Waals surface area contributed by atoms with Crippen molar-refractivity contribution in [2.45, 2.75) is 19.6 Å². The van der Waals surface area contributed by atoms with E-state index in [4.69, 9.17) is 16.3 Å². The molecule has 1 aliphatic heterocycles. The number of halogens is 1. The molecular weight excluding hydrogens is 328 g/mol. The van der Waals surface area contributed by atoms with Crippen LogP contribution in [0.25, 0.3) is 0 Å². The van der Waals surface area contributed by atoms with Crippen molar-refractivity contribution in [2.24, 2.45) is 0 Å². The van der Waals surface area contributed by atoms with E-state index in [-0.39, 0.29) is 18.4 Å². The number of carbonyl (C=O) groups is 2. The smallest absolute Gasteiger partial charge is 0.268 e. The summed E-state index contributed by atoms with van der Waals surface area (Å²) in [6.45, 7) is 1.93. The number of carbonyl (C=O) groups excluding carboxylic acids is 2. The molecule has 0 aromatic heterocycles. The molecule has 2 amide bonds. The van der Waals surface area contributed by atoms with Crippen LogP contribution in [0.1, 0.15) is 12.5 Å². The number of rotatable bonds is 4. The first-order chi connectivity index (χ1) is 11.6. The Morgan fingerprint density at radius 1 is 1.21 bits per heavy atom. The molecule has 0 spiro atoms. The van der Waals surface area contributed by atoms with E-state index in [1.165, 1.54) is 4.90 Å². The highest BCUT2D eigenvalue weighted by atomic mass is 35.5. The quantitative estimate of drug-likeness (QED) is 0.927. The summed E-state index contributed by atoms with van der Waals surface area (Å²) in [7, 11) is 0. The molecule has 1 unspecified atom stereocenters. The lowest BCUT2D eigenvalue weighted by atomic mass is 10.2. The Labute approximate surface area is 145 Å². The van der Waals surface area contributed by atoms with Gasteiger partial charge >= 0.3 is 0 Å². The van der Waals surface area contributed by atoms with E-state index in [2.05, 4.69) is 5.32 Å². The lowest BCUT2D eigenvalue weighted by Gasteiger charge is -2.32. The predicted molar refractivity (Wildman–Crippen MR) is 92.2 cm³/mol.